The first-order chi connectivity index (χ1) is 12.5. The van der Waals surface area contributed by atoms with Gasteiger partial charge in [0.25, 0.3) is 5.91 Å². The fourth-order valence-corrected chi connectivity index (χ4v) is 3.24. The van der Waals surface area contributed by atoms with Crippen LogP contribution >= 0.6 is 11.6 Å². The Bertz CT molecular complexity index is 782. The van der Waals surface area contributed by atoms with Crippen LogP contribution in [0.1, 0.15) is 47.1 Å². The molecule has 0 unspecified atom stereocenters. The molecule has 1 aliphatic rings. The molecular formula is C19H24ClN3O3. The number of rotatable bonds is 5. The summed E-state index contributed by atoms with van der Waals surface area (Å²) in [6.07, 6.45) is 0. The van der Waals surface area contributed by atoms with Crippen molar-refractivity contribution in [2.24, 2.45) is 0 Å². The minimum Gasteiger partial charge on any atom is -0.379 e. The van der Waals surface area contributed by atoms with Crippen molar-refractivity contribution in [2.75, 3.05) is 31.6 Å². The largest absolute Gasteiger partial charge is 0.379 e. The predicted octanol–water partition coefficient (Wildman–Crippen LogP) is 3.84. The number of carbonyl (C=O) groups excluding carboxylic acids is 1. The average molecular weight is 378 g/mol. The molecule has 6 nitrogen and oxygen atoms in total. The third-order valence-electron chi connectivity index (χ3n) is 4.45. The van der Waals surface area contributed by atoms with Gasteiger partial charge in [0.15, 0.2) is 5.76 Å². The summed E-state index contributed by atoms with van der Waals surface area (Å²) in [6, 6.07) is 5.61. The highest BCUT2D eigenvalue weighted by atomic mass is 35.5. The second-order valence-electron chi connectivity index (χ2n) is 6.81. The van der Waals surface area contributed by atoms with Gasteiger partial charge in [-0.25, -0.2) is 0 Å². The van der Waals surface area contributed by atoms with Gasteiger partial charge in [-0.2, -0.15) is 0 Å². The molecule has 1 fully saturated rings. The Morgan fingerprint density at radius 2 is 2.08 bits per heavy atom. The molecule has 0 saturated carbocycles. The summed E-state index contributed by atoms with van der Waals surface area (Å²) in [4.78, 5) is 15.0. The Balaban J connectivity index is 1.71. The quantitative estimate of drug-likeness (QED) is 0.857. The normalized spacial score (nSPS) is 15.4. The van der Waals surface area contributed by atoms with Crippen molar-refractivity contribution < 1.29 is 14.1 Å². The topological polar surface area (TPSA) is 67.6 Å². The van der Waals surface area contributed by atoms with Gasteiger partial charge in [0.2, 0.25) is 0 Å². The van der Waals surface area contributed by atoms with Gasteiger partial charge < -0.3 is 14.6 Å². The highest BCUT2D eigenvalue weighted by Crippen LogP contribution is 2.26. The number of hydrogen-bond acceptors (Lipinski definition) is 5. The van der Waals surface area contributed by atoms with Crippen LogP contribution < -0.4 is 5.32 Å². The molecule has 7 heteroatoms. The number of ether oxygens (including phenoxy) is 1. The van der Waals surface area contributed by atoms with Gasteiger partial charge in [-0.05, 0) is 24.6 Å². The summed E-state index contributed by atoms with van der Waals surface area (Å²) in [5.74, 6) is 0.441. The van der Waals surface area contributed by atoms with Crippen LogP contribution in [0.4, 0.5) is 5.69 Å². The molecule has 2 heterocycles. The number of aryl methyl sites for hydroxylation is 1. The maximum Gasteiger partial charge on any atom is 0.261 e. The molecule has 140 valence electrons. The zero-order valence-corrected chi connectivity index (χ0v) is 16.1. The molecule has 2 aromatic rings. The van der Waals surface area contributed by atoms with Crippen LogP contribution in [-0.4, -0.2) is 42.3 Å². The number of halogens is 1. The number of hydrogen-bond donors (Lipinski definition) is 1. The molecule has 0 spiro atoms. The number of anilines is 1. The lowest BCUT2D eigenvalue weighted by Crippen LogP contribution is -2.35. The van der Waals surface area contributed by atoms with E-state index in [1.165, 1.54) is 0 Å². The Morgan fingerprint density at radius 1 is 1.35 bits per heavy atom. The highest BCUT2D eigenvalue weighted by molar-refractivity contribution is 6.31. The number of amides is 1. The third kappa shape index (κ3) is 4.26. The summed E-state index contributed by atoms with van der Waals surface area (Å²) in [5, 5.41) is 7.45. The number of benzene rings is 1. The smallest absolute Gasteiger partial charge is 0.261 e. The minimum absolute atomic E-state index is 0.0800. The highest BCUT2D eigenvalue weighted by Gasteiger charge is 2.23. The van der Waals surface area contributed by atoms with Gasteiger partial charge >= 0.3 is 0 Å². The van der Waals surface area contributed by atoms with E-state index in [1.807, 2.05) is 26.0 Å². The Labute approximate surface area is 158 Å². The van der Waals surface area contributed by atoms with E-state index in [9.17, 15) is 4.79 Å². The second-order valence-corrected chi connectivity index (χ2v) is 7.22. The zero-order valence-electron chi connectivity index (χ0n) is 15.3. The lowest BCUT2D eigenvalue weighted by atomic mass is 10.0. The van der Waals surface area contributed by atoms with Crippen LogP contribution in [0, 0.1) is 6.92 Å². The van der Waals surface area contributed by atoms with Crippen molar-refractivity contribution in [3.05, 3.63) is 45.8 Å². The summed E-state index contributed by atoms with van der Waals surface area (Å²) in [7, 11) is 0. The molecule has 1 aromatic heterocycles. The van der Waals surface area contributed by atoms with Crippen LogP contribution in [0.25, 0.3) is 0 Å². The standard InChI is InChI=1S/C19H24ClN3O3/c1-12(2)18-17(13(3)22-26-18)19(24)21-15-5-4-14(16(20)10-15)11-23-6-8-25-9-7-23/h4-5,10,12H,6-9,11H2,1-3H3,(H,21,24). The van der Waals surface area contributed by atoms with E-state index in [1.54, 1.807) is 13.0 Å². The van der Waals surface area contributed by atoms with E-state index in [4.69, 9.17) is 20.9 Å². The predicted molar refractivity (Wildman–Crippen MR) is 101 cm³/mol. The van der Waals surface area contributed by atoms with Crippen molar-refractivity contribution in [3.8, 4) is 0 Å². The van der Waals surface area contributed by atoms with Crippen LogP contribution in [0.3, 0.4) is 0 Å². The maximum atomic E-state index is 12.7. The molecule has 0 bridgehead atoms. The lowest BCUT2D eigenvalue weighted by Gasteiger charge is -2.27. The third-order valence-corrected chi connectivity index (χ3v) is 4.80. The Morgan fingerprint density at radius 3 is 2.73 bits per heavy atom. The fourth-order valence-electron chi connectivity index (χ4n) is 3.00. The van der Waals surface area contributed by atoms with Crippen molar-refractivity contribution in [1.29, 1.82) is 0 Å². The molecule has 1 N–H and O–H groups in total. The van der Waals surface area contributed by atoms with E-state index in [0.29, 0.717) is 27.7 Å². The summed E-state index contributed by atoms with van der Waals surface area (Å²) < 4.78 is 10.7. The molecule has 1 amide bonds. The molecule has 26 heavy (non-hydrogen) atoms. The van der Waals surface area contributed by atoms with Crippen molar-refractivity contribution in [1.82, 2.24) is 10.1 Å². The maximum absolute atomic E-state index is 12.7. The van der Waals surface area contributed by atoms with Gasteiger partial charge in [0.1, 0.15) is 5.56 Å². The number of nitrogens with one attached hydrogen (secondary N) is 1. The summed E-state index contributed by atoms with van der Waals surface area (Å²) in [6.45, 7) is 9.78. The molecule has 3 rings (SSSR count). The summed E-state index contributed by atoms with van der Waals surface area (Å²) >= 11 is 6.43. The molecule has 0 atom stereocenters. The number of aromatic nitrogens is 1. The molecule has 0 aliphatic carbocycles. The Hall–Kier alpha value is -1.89. The van der Waals surface area contributed by atoms with Crippen molar-refractivity contribution in [2.45, 2.75) is 33.2 Å². The van der Waals surface area contributed by atoms with E-state index >= 15 is 0 Å². The molecule has 0 radical (unpaired) electrons. The SMILES string of the molecule is Cc1noc(C(C)C)c1C(=O)Nc1ccc(CN2CCOCC2)c(Cl)c1. The van der Waals surface area contributed by atoms with Crippen LogP contribution in [0.5, 0.6) is 0 Å². The van der Waals surface area contributed by atoms with Gasteiger partial charge in [-0.15, -0.1) is 0 Å². The molecule has 1 aliphatic heterocycles. The number of morpholine rings is 1. The number of nitrogens with zero attached hydrogens (tertiary/aromatic N) is 2. The van der Waals surface area contributed by atoms with Gasteiger partial charge in [0.05, 0.1) is 18.9 Å². The van der Waals surface area contributed by atoms with Gasteiger partial charge in [-0.3, -0.25) is 9.69 Å². The van der Waals surface area contributed by atoms with E-state index < -0.39 is 0 Å². The first-order valence-corrected chi connectivity index (χ1v) is 9.19. The van der Waals surface area contributed by atoms with Crippen LogP contribution in [-0.2, 0) is 11.3 Å². The lowest BCUT2D eigenvalue weighted by molar-refractivity contribution is 0.0342. The number of carbonyl (C=O) groups is 1. The Kier molecular flexibility index (Phi) is 5.96. The van der Waals surface area contributed by atoms with Crippen LogP contribution in [0.2, 0.25) is 5.02 Å². The molecular weight excluding hydrogens is 354 g/mol. The average Bonchev–Trinajstić information content (AvgIpc) is 3.00. The van der Waals surface area contributed by atoms with E-state index in [0.717, 1.165) is 38.4 Å². The van der Waals surface area contributed by atoms with E-state index in [2.05, 4.69) is 15.4 Å². The van der Waals surface area contributed by atoms with Gasteiger partial charge in [-0.1, -0.05) is 36.7 Å². The monoisotopic (exact) mass is 377 g/mol. The first kappa shape index (κ1) is 18.9. The van der Waals surface area contributed by atoms with E-state index in [-0.39, 0.29) is 11.8 Å². The second kappa shape index (κ2) is 8.20. The minimum atomic E-state index is -0.232. The molecule has 1 saturated heterocycles. The summed E-state index contributed by atoms with van der Waals surface area (Å²) in [5.41, 5.74) is 2.77. The van der Waals surface area contributed by atoms with Crippen molar-refractivity contribution >= 4 is 23.2 Å². The first-order valence-electron chi connectivity index (χ1n) is 8.81. The zero-order chi connectivity index (χ0) is 18.7. The molecule has 1 aromatic carbocycles. The fraction of sp³-hybridized carbons (Fsp3) is 0.474. The van der Waals surface area contributed by atoms with Crippen molar-refractivity contribution in [3.63, 3.8) is 0 Å². The van der Waals surface area contributed by atoms with Crippen LogP contribution in [0.15, 0.2) is 22.7 Å². The van der Waals surface area contributed by atoms with Gasteiger partial charge in [0, 0.05) is 36.3 Å².